The first-order valence-electron chi connectivity index (χ1n) is 12.2. The molecule has 2 amide bonds. The van der Waals surface area contributed by atoms with Crippen molar-refractivity contribution < 1.29 is 24.2 Å². The smallest absolute Gasteiger partial charge is 0.335 e. The maximum atomic E-state index is 13.6. The minimum absolute atomic E-state index is 0.114. The number of hydrogen-bond acceptors (Lipinski definition) is 4. The SMILES string of the molecule is O=C(O)c1ccc(C=C(CCOc2cccc3ccccc23)C(=O)N2CC3CC=CCC3C2=O)cc1. The molecular weight excluding hydrogens is 454 g/mol. The second kappa shape index (κ2) is 10.2. The van der Waals surface area contributed by atoms with E-state index in [-0.39, 0.29) is 35.8 Å². The highest BCUT2D eigenvalue weighted by atomic mass is 16.5. The minimum Gasteiger partial charge on any atom is -0.493 e. The third kappa shape index (κ3) is 4.80. The topological polar surface area (TPSA) is 83.9 Å². The van der Waals surface area contributed by atoms with Crippen molar-refractivity contribution in [2.45, 2.75) is 19.3 Å². The van der Waals surface area contributed by atoms with Gasteiger partial charge in [-0.05, 0) is 54.0 Å². The van der Waals surface area contributed by atoms with Crippen molar-refractivity contribution >= 4 is 34.6 Å². The number of carboxylic acid groups (broad SMARTS) is 1. The zero-order valence-electron chi connectivity index (χ0n) is 19.8. The fraction of sp³-hybridized carbons (Fsp3) is 0.233. The number of imide groups is 1. The fourth-order valence-corrected chi connectivity index (χ4v) is 5.01. The molecule has 1 aliphatic heterocycles. The van der Waals surface area contributed by atoms with Crippen molar-refractivity contribution in [3.8, 4) is 5.75 Å². The van der Waals surface area contributed by atoms with Crippen LogP contribution in [0.3, 0.4) is 0 Å². The van der Waals surface area contributed by atoms with E-state index >= 15 is 0 Å². The molecule has 1 N–H and O–H groups in total. The lowest BCUT2D eigenvalue weighted by Gasteiger charge is -2.18. The summed E-state index contributed by atoms with van der Waals surface area (Å²) in [5, 5.41) is 11.2. The van der Waals surface area contributed by atoms with Gasteiger partial charge in [0.25, 0.3) is 5.91 Å². The van der Waals surface area contributed by atoms with E-state index < -0.39 is 5.97 Å². The average molecular weight is 482 g/mol. The van der Waals surface area contributed by atoms with Crippen LogP contribution in [0.15, 0.2) is 84.5 Å². The van der Waals surface area contributed by atoms with Crippen LogP contribution in [0.1, 0.15) is 35.2 Å². The normalized spacial score (nSPS) is 19.4. The van der Waals surface area contributed by atoms with E-state index in [0.29, 0.717) is 30.5 Å². The molecule has 2 aliphatic rings. The van der Waals surface area contributed by atoms with Crippen LogP contribution in [0.5, 0.6) is 5.75 Å². The summed E-state index contributed by atoms with van der Waals surface area (Å²) in [6, 6.07) is 20.1. The van der Waals surface area contributed by atoms with Crippen molar-refractivity contribution in [2.75, 3.05) is 13.2 Å². The zero-order chi connectivity index (χ0) is 25.1. The third-order valence-electron chi connectivity index (χ3n) is 6.96. The predicted octanol–water partition coefficient (Wildman–Crippen LogP) is 5.34. The number of rotatable bonds is 7. The number of hydrogen-bond donors (Lipinski definition) is 1. The summed E-state index contributed by atoms with van der Waals surface area (Å²) < 4.78 is 6.09. The Balaban J connectivity index is 1.38. The third-order valence-corrected chi connectivity index (χ3v) is 6.96. The van der Waals surface area contributed by atoms with E-state index in [1.807, 2.05) is 48.5 Å². The molecule has 182 valence electrons. The highest BCUT2D eigenvalue weighted by Gasteiger charge is 2.43. The molecule has 5 rings (SSSR count). The summed E-state index contributed by atoms with van der Waals surface area (Å²) in [6.45, 7) is 0.682. The molecule has 0 aromatic heterocycles. The van der Waals surface area contributed by atoms with Gasteiger partial charge in [-0.3, -0.25) is 14.5 Å². The Morgan fingerprint density at radius 1 is 0.972 bits per heavy atom. The molecule has 0 bridgehead atoms. The second-order valence-corrected chi connectivity index (χ2v) is 9.24. The average Bonchev–Trinajstić information content (AvgIpc) is 3.24. The summed E-state index contributed by atoms with van der Waals surface area (Å²) in [6.07, 6.45) is 7.62. The van der Waals surface area contributed by atoms with Crippen molar-refractivity contribution in [3.05, 3.63) is 95.6 Å². The summed E-state index contributed by atoms with van der Waals surface area (Å²) in [4.78, 5) is 39.2. The van der Waals surface area contributed by atoms with Gasteiger partial charge in [-0.25, -0.2) is 4.79 Å². The Morgan fingerprint density at radius 3 is 2.50 bits per heavy atom. The molecule has 6 nitrogen and oxygen atoms in total. The van der Waals surface area contributed by atoms with Gasteiger partial charge in [-0.2, -0.15) is 0 Å². The Bertz CT molecular complexity index is 1370. The number of likely N-dealkylation sites (tertiary alicyclic amines) is 1. The molecule has 0 spiro atoms. The minimum atomic E-state index is -1.01. The first-order chi connectivity index (χ1) is 17.5. The quantitative estimate of drug-likeness (QED) is 0.364. The van der Waals surface area contributed by atoms with Gasteiger partial charge in [-0.15, -0.1) is 0 Å². The Kier molecular flexibility index (Phi) is 6.67. The molecule has 6 heteroatoms. The van der Waals surface area contributed by atoms with Crippen LogP contribution in [-0.2, 0) is 9.59 Å². The lowest BCUT2D eigenvalue weighted by Crippen LogP contribution is -2.35. The molecule has 1 aliphatic carbocycles. The summed E-state index contributed by atoms with van der Waals surface area (Å²) in [7, 11) is 0. The second-order valence-electron chi connectivity index (χ2n) is 9.24. The number of aromatic carboxylic acids is 1. The lowest BCUT2D eigenvalue weighted by molar-refractivity contribution is -0.141. The van der Waals surface area contributed by atoms with Crippen LogP contribution >= 0.6 is 0 Å². The Hall–Kier alpha value is -4.19. The van der Waals surface area contributed by atoms with Crippen molar-refractivity contribution in [2.24, 2.45) is 11.8 Å². The Morgan fingerprint density at radius 2 is 1.72 bits per heavy atom. The zero-order valence-corrected chi connectivity index (χ0v) is 19.8. The van der Waals surface area contributed by atoms with Gasteiger partial charge in [0.05, 0.1) is 12.2 Å². The van der Waals surface area contributed by atoms with Gasteiger partial charge in [0.15, 0.2) is 0 Å². The number of ether oxygens (including phenoxy) is 1. The molecule has 3 aromatic rings. The first kappa shape index (κ1) is 23.5. The summed E-state index contributed by atoms with van der Waals surface area (Å²) >= 11 is 0. The number of carbonyl (C=O) groups excluding carboxylic acids is 2. The van der Waals surface area contributed by atoms with Gasteiger partial charge in [-0.1, -0.05) is 60.7 Å². The van der Waals surface area contributed by atoms with E-state index in [1.165, 1.54) is 17.0 Å². The summed E-state index contributed by atoms with van der Waals surface area (Å²) in [5.74, 6) is -0.671. The molecule has 3 aromatic carbocycles. The number of benzene rings is 3. The molecule has 1 saturated heterocycles. The van der Waals surface area contributed by atoms with Gasteiger partial charge in [0.1, 0.15) is 5.75 Å². The van der Waals surface area contributed by atoms with Crippen LogP contribution in [0.25, 0.3) is 16.8 Å². The fourth-order valence-electron chi connectivity index (χ4n) is 5.01. The monoisotopic (exact) mass is 481 g/mol. The Labute approximate surface area is 209 Å². The number of carbonyl (C=O) groups is 3. The standard InChI is InChI=1S/C30H27NO5/c32-28(31-19-24-7-2-4-10-26(24)29(31)33)23(18-20-12-14-22(15-13-20)30(34)35)16-17-36-27-11-5-8-21-6-1-3-9-25(21)27/h1-6,8-9,11-15,18,24,26H,7,10,16-17,19H2,(H,34,35). The van der Waals surface area contributed by atoms with E-state index in [4.69, 9.17) is 4.74 Å². The van der Waals surface area contributed by atoms with Crippen LogP contribution in [0.4, 0.5) is 0 Å². The molecule has 2 atom stereocenters. The molecule has 2 unspecified atom stereocenters. The van der Waals surface area contributed by atoms with Crippen LogP contribution in [0.2, 0.25) is 0 Å². The van der Waals surface area contributed by atoms with Gasteiger partial charge >= 0.3 is 5.97 Å². The van der Waals surface area contributed by atoms with Gasteiger partial charge in [0.2, 0.25) is 5.91 Å². The molecule has 1 fully saturated rings. The first-order valence-corrected chi connectivity index (χ1v) is 12.2. The van der Waals surface area contributed by atoms with E-state index in [1.54, 1.807) is 18.2 Å². The van der Waals surface area contributed by atoms with Crippen LogP contribution in [0, 0.1) is 11.8 Å². The highest BCUT2D eigenvalue weighted by Crippen LogP contribution is 2.35. The van der Waals surface area contributed by atoms with E-state index in [0.717, 1.165) is 22.9 Å². The van der Waals surface area contributed by atoms with Crippen molar-refractivity contribution in [3.63, 3.8) is 0 Å². The van der Waals surface area contributed by atoms with Gasteiger partial charge < -0.3 is 9.84 Å². The molecule has 0 radical (unpaired) electrons. The summed E-state index contributed by atoms with van der Waals surface area (Å²) in [5.41, 5.74) is 1.32. The maximum Gasteiger partial charge on any atom is 0.335 e. The molecule has 36 heavy (non-hydrogen) atoms. The maximum absolute atomic E-state index is 13.6. The number of allylic oxidation sites excluding steroid dienone is 2. The molecule has 1 heterocycles. The van der Waals surface area contributed by atoms with Crippen LogP contribution in [-0.4, -0.2) is 40.9 Å². The van der Waals surface area contributed by atoms with E-state index in [9.17, 15) is 19.5 Å². The number of amides is 2. The predicted molar refractivity (Wildman–Crippen MR) is 138 cm³/mol. The van der Waals surface area contributed by atoms with Crippen molar-refractivity contribution in [1.82, 2.24) is 4.90 Å². The number of nitrogens with zero attached hydrogens (tertiary/aromatic N) is 1. The van der Waals surface area contributed by atoms with Gasteiger partial charge in [0, 0.05) is 29.8 Å². The highest BCUT2D eigenvalue weighted by molar-refractivity contribution is 6.08. The number of fused-ring (bicyclic) bond motifs is 2. The number of carboxylic acids is 1. The van der Waals surface area contributed by atoms with E-state index in [2.05, 4.69) is 6.08 Å². The molecule has 0 saturated carbocycles. The lowest BCUT2D eigenvalue weighted by atomic mass is 9.86. The largest absolute Gasteiger partial charge is 0.493 e. The van der Waals surface area contributed by atoms with Crippen molar-refractivity contribution in [1.29, 1.82) is 0 Å². The molecular formula is C30H27NO5. The van der Waals surface area contributed by atoms with Crippen LogP contribution < -0.4 is 4.74 Å².